The zero-order valence-corrected chi connectivity index (χ0v) is 34.6. The minimum Gasteiger partial charge on any atom is -0.462 e. The minimum absolute atomic E-state index is 0.0644. The molecule has 0 saturated carbocycles. The van der Waals surface area contributed by atoms with Crippen LogP contribution in [0.25, 0.3) is 0 Å². The van der Waals surface area contributed by atoms with Crippen molar-refractivity contribution in [3.8, 4) is 0 Å². The van der Waals surface area contributed by atoms with Crippen molar-refractivity contribution in [2.75, 3.05) is 13.2 Å². The van der Waals surface area contributed by atoms with Crippen LogP contribution in [-0.2, 0) is 28.6 Å². The second-order valence-electron chi connectivity index (χ2n) is 15.8. The maximum absolute atomic E-state index is 12.7. The van der Waals surface area contributed by atoms with E-state index in [1.165, 1.54) is 141 Å². The monoisotopic (exact) mass is 723 g/mol. The van der Waals surface area contributed by atoms with Gasteiger partial charge in [-0.25, -0.2) is 0 Å². The quantitative estimate of drug-likeness (QED) is 0.0356. The number of hydrogen-bond acceptors (Lipinski definition) is 6. The molecule has 0 fully saturated rings. The van der Waals surface area contributed by atoms with Crippen molar-refractivity contribution >= 4 is 17.9 Å². The summed E-state index contributed by atoms with van der Waals surface area (Å²) >= 11 is 0. The first-order valence-electron chi connectivity index (χ1n) is 22.4. The van der Waals surface area contributed by atoms with Gasteiger partial charge in [0.15, 0.2) is 6.10 Å². The number of esters is 3. The molecular weight excluding hydrogens is 636 g/mol. The Kier molecular flexibility index (Phi) is 38.4. The van der Waals surface area contributed by atoms with Crippen molar-refractivity contribution in [2.24, 2.45) is 5.92 Å². The van der Waals surface area contributed by atoms with Crippen molar-refractivity contribution in [3.05, 3.63) is 0 Å². The van der Waals surface area contributed by atoms with Crippen LogP contribution < -0.4 is 0 Å². The smallest absolute Gasteiger partial charge is 0.306 e. The molecule has 0 aliphatic heterocycles. The van der Waals surface area contributed by atoms with Crippen LogP contribution in [0.15, 0.2) is 0 Å². The number of carbonyl (C=O) groups is 3. The normalized spacial score (nSPS) is 11.9. The number of rotatable bonds is 40. The summed E-state index contributed by atoms with van der Waals surface area (Å²) in [4.78, 5) is 37.5. The lowest BCUT2D eigenvalue weighted by atomic mass is 10.0. The van der Waals surface area contributed by atoms with Gasteiger partial charge < -0.3 is 14.2 Å². The third-order valence-corrected chi connectivity index (χ3v) is 10.0. The van der Waals surface area contributed by atoms with Gasteiger partial charge in [-0.2, -0.15) is 0 Å². The molecule has 0 bridgehead atoms. The first-order valence-corrected chi connectivity index (χ1v) is 22.4. The van der Waals surface area contributed by atoms with Gasteiger partial charge in [0, 0.05) is 19.3 Å². The molecule has 0 aromatic carbocycles. The van der Waals surface area contributed by atoms with E-state index in [1.807, 2.05) is 0 Å². The van der Waals surface area contributed by atoms with Gasteiger partial charge in [0.2, 0.25) is 0 Å². The Balaban J connectivity index is 4.27. The van der Waals surface area contributed by atoms with Crippen LogP contribution in [0.5, 0.6) is 0 Å². The van der Waals surface area contributed by atoms with Crippen molar-refractivity contribution in [1.82, 2.24) is 0 Å². The maximum atomic E-state index is 12.7. The van der Waals surface area contributed by atoms with Crippen LogP contribution in [-0.4, -0.2) is 37.2 Å². The van der Waals surface area contributed by atoms with Gasteiger partial charge >= 0.3 is 17.9 Å². The first-order chi connectivity index (χ1) is 24.9. The maximum Gasteiger partial charge on any atom is 0.306 e. The van der Waals surface area contributed by atoms with Crippen molar-refractivity contribution in [2.45, 2.75) is 252 Å². The van der Waals surface area contributed by atoms with Gasteiger partial charge in [0.25, 0.3) is 0 Å². The van der Waals surface area contributed by atoms with Crippen molar-refractivity contribution in [1.29, 1.82) is 0 Å². The molecule has 0 N–H and O–H groups in total. The minimum atomic E-state index is -0.758. The molecule has 0 aromatic heterocycles. The first kappa shape index (κ1) is 49.4. The summed E-state index contributed by atoms with van der Waals surface area (Å²) in [6.07, 6.45) is 38.1. The number of carbonyl (C=O) groups excluding carboxylic acids is 3. The van der Waals surface area contributed by atoms with E-state index in [1.54, 1.807) is 0 Å². The molecule has 0 rings (SSSR count). The fraction of sp³-hybridized carbons (Fsp3) is 0.933. The van der Waals surface area contributed by atoms with Gasteiger partial charge in [-0.05, 0) is 25.2 Å². The van der Waals surface area contributed by atoms with Gasteiger partial charge in [0.1, 0.15) is 13.2 Å². The molecule has 0 unspecified atom stereocenters. The molecule has 6 heteroatoms. The highest BCUT2D eigenvalue weighted by atomic mass is 16.6. The molecule has 51 heavy (non-hydrogen) atoms. The standard InChI is InChI=1S/C45H86O6/c1-5-7-9-11-13-14-15-16-17-18-21-25-29-33-37-44(47)50-40-42(39-49-43(46)36-32-28-23-12-10-8-6-2)51-45(48)38-34-30-26-22-19-20-24-27-31-35-41(3)4/h41-42H,5-40H2,1-4H3/t42-/m0/s1. The van der Waals surface area contributed by atoms with Crippen LogP contribution in [0.3, 0.4) is 0 Å². The Morgan fingerprint density at radius 1 is 0.373 bits per heavy atom. The summed E-state index contributed by atoms with van der Waals surface area (Å²) < 4.78 is 16.6. The molecule has 0 aliphatic carbocycles. The van der Waals surface area contributed by atoms with E-state index in [0.29, 0.717) is 19.3 Å². The van der Waals surface area contributed by atoms with Gasteiger partial charge in [-0.1, -0.05) is 207 Å². The molecule has 0 spiro atoms. The average molecular weight is 723 g/mol. The molecule has 0 aliphatic rings. The zero-order chi connectivity index (χ0) is 37.5. The summed E-state index contributed by atoms with van der Waals surface area (Å²) in [5.74, 6) is -0.0562. The Morgan fingerprint density at radius 3 is 0.961 bits per heavy atom. The second kappa shape index (κ2) is 39.6. The summed E-state index contributed by atoms with van der Waals surface area (Å²) in [5, 5.41) is 0. The summed E-state index contributed by atoms with van der Waals surface area (Å²) in [6.45, 7) is 8.93. The highest BCUT2D eigenvalue weighted by molar-refractivity contribution is 5.71. The highest BCUT2D eigenvalue weighted by Crippen LogP contribution is 2.16. The molecule has 0 aromatic rings. The van der Waals surface area contributed by atoms with E-state index in [2.05, 4.69) is 27.7 Å². The summed E-state index contributed by atoms with van der Waals surface area (Å²) in [5.41, 5.74) is 0. The van der Waals surface area contributed by atoms with Crippen molar-refractivity contribution in [3.63, 3.8) is 0 Å². The zero-order valence-electron chi connectivity index (χ0n) is 34.6. The lowest BCUT2D eigenvalue weighted by Crippen LogP contribution is -2.30. The number of ether oxygens (including phenoxy) is 3. The predicted molar refractivity (Wildman–Crippen MR) is 215 cm³/mol. The lowest BCUT2D eigenvalue weighted by Gasteiger charge is -2.18. The number of unbranched alkanes of at least 4 members (excludes halogenated alkanes) is 27. The van der Waals surface area contributed by atoms with Crippen LogP contribution in [0.2, 0.25) is 0 Å². The third kappa shape index (κ3) is 39.5. The van der Waals surface area contributed by atoms with Gasteiger partial charge in [0.05, 0.1) is 0 Å². The SMILES string of the molecule is CCCCCCCCCCCCCCCCC(=O)OC[C@H](COC(=O)CCCCCCCCC)OC(=O)CCCCCCCCCCCC(C)C. The number of hydrogen-bond donors (Lipinski definition) is 0. The van der Waals surface area contributed by atoms with Crippen LogP contribution >= 0.6 is 0 Å². The van der Waals surface area contributed by atoms with Crippen molar-refractivity contribution < 1.29 is 28.6 Å². The molecule has 6 nitrogen and oxygen atoms in total. The third-order valence-electron chi connectivity index (χ3n) is 10.0. The summed E-state index contributed by atoms with van der Waals surface area (Å²) in [7, 11) is 0. The Bertz CT molecular complexity index is 766. The lowest BCUT2D eigenvalue weighted by molar-refractivity contribution is -0.167. The molecule has 0 saturated heterocycles. The molecule has 0 radical (unpaired) electrons. The average Bonchev–Trinajstić information content (AvgIpc) is 3.11. The van der Waals surface area contributed by atoms with Gasteiger partial charge in [-0.3, -0.25) is 14.4 Å². The highest BCUT2D eigenvalue weighted by Gasteiger charge is 2.19. The fourth-order valence-corrected chi connectivity index (χ4v) is 6.63. The van der Waals surface area contributed by atoms with E-state index < -0.39 is 6.10 Å². The Morgan fingerprint density at radius 2 is 0.647 bits per heavy atom. The Hall–Kier alpha value is -1.59. The molecular formula is C45H86O6. The predicted octanol–water partition coefficient (Wildman–Crippen LogP) is 13.9. The van der Waals surface area contributed by atoms with E-state index in [9.17, 15) is 14.4 Å². The van der Waals surface area contributed by atoms with E-state index in [0.717, 1.165) is 63.7 Å². The second-order valence-corrected chi connectivity index (χ2v) is 15.8. The molecule has 0 heterocycles. The van der Waals surface area contributed by atoms with Crippen LogP contribution in [0.1, 0.15) is 246 Å². The largest absolute Gasteiger partial charge is 0.462 e. The molecule has 302 valence electrons. The Labute approximate surface area is 317 Å². The fourth-order valence-electron chi connectivity index (χ4n) is 6.63. The van der Waals surface area contributed by atoms with Gasteiger partial charge in [-0.15, -0.1) is 0 Å². The molecule has 0 amide bonds. The van der Waals surface area contributed by atoms with E-state index >= 15 is 0 Å². The molecule has 1 atom stereocenters. The van der Waals surface area contributed by atoms with E-state index in [-0.39, 0.29) is 31.1 Å². The van der Waals surface area contributed by atoms with Crippen LogP contribution in [0.4, 0.5) is 0 Å². The summed E-state index contributed by atoms with van der Waals surface area (Å²) in [6, 6.07) is 0. The topological polar surface area (TPSA) is 78.9 Å². The van der Waals surface area contributed by atoms with E-state index in [4.69, 9.17) is 14.2 Å². The van der Waals surface area contributed by atoms with Crippen LogP contribution in [0, 0.1) is 5.92 Å².